The lowest BCUT2D eigenvalue weighted by atomic mass is 10.4. The Labute approximate surface area is 79.7 Å². The molecular weight excluding hydrogens is 190 g/mol. The zero-order valence-corrected chi connectivity index (χ0v) is 8.09. The van der Waals surface area contributed by atoms with E-state index in [1.165, 1.54) is 23.9 Å². The first-order chi connectivity index (χ1) is 6.17. The Morgan fingerprint density at radius 2 is 2.31 bits per heavy atom. The fourth-order valence-corrected chi connectivity index (χ4v) is 1.26. The lowest BCUT2D eigenvalue weighted by molar-refractivity contribution is -0.385. The van der Waals surface area contributed by atoms with Gasteiger partial charge in [-0.05, 0) is 6.26 Å². The number of pyridine rings is 1. The molecule has 6 heteroatoms. The van der Waals surface area contributed by atoms with Crippen molar-refractivity contribution in [3.05, 3.63) is 22.2 Å². The van der Waals surface area contributed by atoms with Crippen LogP contribution in [0.1, 0.15) is 0 Å². The van der Waals surface area contributed by atoms with E-state index in [0.717, 1.165) is 0 Å². The third-order valence-corrected chi connectivity index (χ3v) is 2.09. The number of hydrogen-bond acceptors (Lipinski definition) is 5. The van der Waals surface area contributed by atoms with Gasteiger partial charge in [0.05, 0.1) is 11.0 Å². The first-order valence-electron chi connectivity index (χ1n) is 3.55. The number of aromatic nitrogens is 1. The van der Waals surface area contributed by atoms with E-state index in [1.54, 1.807) is 7.05 Å². The highest BCUT2D eigenvalue weighted by molar-refractivity contribution is 7.98. The average molecular weight is 199 g/mol. The number of anilines is 1. The summed E-state index contributed by atoms with van der Waals surface area (Å²) in [5.41, 5.74) is 0.0590. The van der Waals surface area contributed by atoms with Crippen LogP contribution < -0.4 is 5.32 Å². The molecule has 70 valence electrons. The summed E-state index contributed by atoms with van der Waals surface area (Å²) in [6, 6.07) is 2.85. The fraction of sp³-hybridized carbons (Fsp3) is 0.286. The van der Waals surface area contributed by atoms with Crippen LogP contribution in [-0.4, -0.2) is 23.2 Å². The van der Waals surface area contributed by atoms with Gasteiger partial charge in [0.25, 0.3) is 5.69 Å². The summed E-state index contributed by atoms with van der Waals surface area (Å²) in [6.07, 6.45) is 1.82. The van der Waals surface area contributed by atoms with Gasteiger partial charge >= 0.3 is 0 Å². The number of hydrogen-bond donors (Lipinski definition) is 1. The van der Waals surface area contributed by atoms with Crippen molar-refractivity contribution in [2.24, 2.45) is 0 Å². The molecule has 0 aliphatic rings. The SMILES string of the molecule is CNc1cc([N+](=O)[O-])cc(SC)n1. The normalized spacial score (nSPS) is 9.69. The van der Waals surface area contributed by atoms with Gasteiger partial charge in [-0.3, -0.25) is 10.1 Å². The number of nitro groups is 1. The summed E-state index contributed by atoms with van der Waals surface area (Å²) in [5, 5.41) is 13.9. The summed E-state index contributed by atoms with van der Waals surface area (Å²) in [6.45, 7) is 0. The Kier molecular flexibility index (Phi) is 3.07. The number of thioether (sulfide) groups is 1. The van der Waals surface area contributed by atoms with Gasteiger partial charge < -0.3 is 5.32 Å². The van der Waals surface area contributed by atoms with Crippen molar-refractivity contribution in [1.82, 2.24) is 4.98 Å². The molecular formula is C7H9N3O2S. The van der Waals surface area contributed by atoms with Crippen LogP contribution in [0, 0.1) is 10.1 Å². The van der Waals surface area contributed by atoms with Crippen molar-refractivity contribution >= 4 is 23.3 Å². The van der Waals surface area contributed by atoms with Crippen LogP contribution in [0.5, 0.6) is 0 Å². The molecule has 0 unspecified atom stereocenters. The molecule has 0 fully saturated rings. The second-order valence-corrected chi connectivity index (χ2v) is 3.09. The molecule has 1 heterocycles. The highest BCUT2D eigenvalue weighted by Crippen LogP contribution is 2.22. The summed E-state index contributed by atoms with van der Waals surface area (Å²) in [7, 11) is 1.68. The third kappa shape index (κ3) is 2.32. The van der Waals surface area contributed by atoms with E-state index in [0.29, 0.717) is 10.8 Å². The van der Waals surface area contributed by atoms with Crippen molar-refractivity contribution in [2.75, 3.05) is 18.6 Å². The molecule has 1 aromatic rings. The monoisotopic (exact) mass is 199 g/mol. The van der Waals surface area contributed by atoms with Gasteiger partial charge in [-0.25, -0.2) is 4.98 Å². The van der Waals surface area contributed by atoms with E-state index in [-0.39, 0.29) is 5.69 Å². The number of nitrogens with zero attached hydrogens (tertiary/aromatic N) is 2. The van der Waals surface area contributed by atoms with Crippen LogP contribution in [0.15, 0.2) is 17.2 Å². The molecule has 13 heavy (non-hydrogen) atoms. The predicted molar refractivity (Wildman–Crippen MR) is 52.2 cm³/mol. The maximum absolute atomic E-state index is 10.5. The predicted octanol–water partition coefficient (Wildman–Crippen LogP) is 1.75. The Hall–Kier alpha value is -1.30. The van der Waals surface area contributed by atoms with E-state index in [2.05, 4.69) is 10.3 Å². The van der Waals surface area contributed by atoms with Gasteiger partial charge in [-0.15, -0.1) is 11.8 Å². The molecule has 1 rings (SSSR count). The zero-order chi connectivity index (χ0) is 9.84. The van der Waals surface area contributed by atoms with Crippen LogP contribution in [0.25, 0.3) is 0 Å². The Bertz CT molecular complexity index is 307. The third-order valence-electron chi connectivity index (χ3n) is 1.46. The molecule has 0 atom stereocenters. The first kappa shape index (κ1) is 9.79. The second kappa shape index (κ2) is 4.08. The van der Waals surface area contributed by atoms with Crippen LogP contribution >= 0.6 is 11.8 Å². The smallest absolute Gasteiger partial charge is 0.275 e. The summed E-state index contributed by atoms with van der Waals surface area (Å²) < 4.78 is 0. The van der Waals surface area contributed by atoms with Crippen LogP contribution in [0.4, 0.5) is 11.5 Å². The molecule has 0 saturated heterocycles. The highest BCUT2D eigenvalue weighted by atomic mass is 32.2. The molecule has 0 radical (unpaired) electrons. The van der Waals surface area contributed by atoms with E-state index in [9.17, 15) is 10.1 Å². The molecule has 0 aliphatic heterocycles. The van der Waals surface area contributed by atoms with Crippen molar-refractivity contribution < 1.29 is 4.92 Å². The summed E-state index contributed by atoms with van der Waals surface area (Å²) in [5.74, 6) is 0.513. The highest BCUT2D eigenvalue weighted by Gasteiger charge is 2.09. The van der Waals surface area contributed by atoms with Crippen LogP contribution in [0.2, 0.25) is 0 Å². The molecule has 1 N–H and O–H groups in total. The summed E-state index contributed by atoms with van der Waals surface area (Å²) >= 11 is 1.37. The van der Waals surface area contributed by atoms with Crippen molar-refractivity contribution in [1.29, 1.82) is 0 Å². The Balaban J connectivity index is 3.14. The van der Waals surface area contributed by atoms with Crippen LogP contribution in [-0.2, 0) is 0 Å². The lowest BCUT2D eigenvalue weighted by Crippen LogP contribution is -1.96. The van der Waals surface area contributed by atoms with E-state index in [4.69, 9.17) is 0 Å². The van der Waals surface area contributed by atoms with Gasteiger partial charge in [0.15, 0.2) is 0 Å². The molecule has 0 bridgehead atoms. The largest absolute Gasteiger partial charge is 0.373 e. The Morgan fingerprint density at radius 3 is 2.77 bits per heavy atom. The standard InChI is InChI=1S/C7H9N3O2S/c1-8-6-3-5(10(11)12)4-7(9-6)13-2/h3-4H,1-2H3,(H,8,9). The maximum atomic E-state index is 10.5. The van der Waals surface area contributed by atoms with Gasteiger partial charge in [-0.1, -0.05) is 0 Å². The average Bonchev–Trinajstić information content (AvgIpc) is 2.16. The number of nitrogens with one attached hydrogen (secondary N) is 1. The molecule has 0 amide bonds. The van der Waals surface area contributed by atoms with Crippen molar-refractivity contribution in [3.63, 3.8) is 0 Å². The zero-order valence-electron chi connectivity index (χ0n) is 7.27. The quantitative estimate of drug-likeness (QED) is 0.456. The van der Waals surface area contributed by atoms with Gasteiger partial charge in [0.2, 0.25) is 0 Å². The van der Waals surface area contributed by atoms with Gasteiger partial charge in [-0.2, -0.15) is 0 Å². The maximum Gasteiger partial charge on any atom is 0.275 e. The molecule has 0 aromatic carbocycles. The molecule has 0 saturated carbocycles. The summed E-state index contributed by atoms with van der Waals surface area (Å²) in [4.78, 5) is 14.1. The van der Waals surface area contributed by atoms with Crippen molar-refractivity contribution in [3.8, 4) is 0 Å². The lowest BCUT2D eigenvalue weighted by Gasteiger charge is -2.01. The first-order valence-corrected chi connectivity index (χ1v) is 4.78. The Morgan fingerprint density at radius 1 is 1.62 bits per heavy atom. The molecule has 0 aliphatic carbocycles. The minimum atomic E-state index is -0.428. The van der Waals surface area contributed by atoms with Crippen molar-refractivity contribution in [2.45, 2.75) is 5.03 Å². The van der Waals surface area contributed by atoms with Gasteiger partial charge in [0, 0.05) is 13.1 Å². The minimum Gasteiger partial charge on any atom is -0.373 e. The van der Waals surface area contributed by atoms with E-state index >= 15 is 0 Å². The van der Waals surface area contributed by atoms with Crippen LogP contribution in [0.3, 0.4) is 0 Å². The second-order valence-electron chi connectivity index (χ2n) is 2.26. The van der Waals surface area contributed by atoms with E-state index < -0.39 is 4.92 Å². The van der Waals surface area contributed by atoms with E-state index in [1.807, 2.05) is 6.26 Å². The molecule has 1 aromatic heterocycles. The number of rotatable bonds is 3. The minimum absolute atomic E-state index is 0.0590. The molecule has 5 nitrogen and oxygen atoms in total. The van der Waals surface area contributed by atoms with Gasteiger partial charge in [0.1, 0.15) is 10.8 Å². The topological polar surface area (TPSA) is 68.1 Å². The molecule has 0 spiro atoms. The fourth-order valence-electron chi connectivity index (χ4n) is 0.830.